The van der Waals surface area contributed by atoms with Crippen LogP contribution in [0.3, 0.4) is 0 Å². The van der Waals surface area contributed by atoms with E-state index in [1.807, 2.05) is 42.6 Å². The molecule has 0 aliphatic carbocycles. The first kappa shape index (κ1) is 11.0. The van der Waals surface area contributed by atoms with Gasteiger partial charge in [0.05, 0.1) is 5.38 Å². The van der Waals surface area contributed by atoms with Crippen molar-refractivity contribution in [2.45, 2.75) is 12.3 Å². The van der Waals surface area contributed by atoms with Crippen LogP contribution in [-0.4, -0.2) is 0 Å². The van der Waals surface area contributed by atoms with E-state index in [4.69, 9.17) is 23.2 Å². The molecule has 1 atom stereocenters. The van der Waals surface area contributed by atoms with Gasteiger partial charge in [0.2, 0.25) is 0 Å². The van der Waals surface area contributed by atoms with E-state index in [0.29, 0.717) is 0 Å². The van der Waals surface area contributed by atoms with Gasteiger partial charge >= 0.3 is 0 Å². The van der Waals surface area contributed by atoms with Crippen molar-refractivity contribution in [2.24, 2.45) is 0 Å². The number of rotatable bonds is 2. The molecule has 0 N–H and O–H groups in total. The van der Waals surface area contributed by atoms with Gasteiger partial charge < -0.3 is 0 Å². The minimum atomic E-state index is -0.0944. The molecule has 0 fully saturated rings. The van der Waals surface area contributed by atoms with Gasteiger partial charge in [-0.25, -0.2) is 0 Å². The average molecular weight is 257 g/mol. The van der Waals surface area contributed by atoms with Crippen molar-refractivity contribution in [3.63, 3.8) is 0 Å². The van der Waals surface area contributed by atoms with Crippen LogP contribution in [0.2, 0.25) is 5.02 Å². The maximum Gasteiger partial charge on any atom is 0.0928 e. The molecule has 78 valence electrons. The van der Waals surface area contributed by atoms with Gasteiger partial charge in [0.15, 0.2) is 0 Å². The average Bonchev–Trinajstić information content (AvgIpc) is 2.74. The largest absolute Gasteiger partial charge is 0.147 e. The highest BCUT2D eigenvalue weighted by molar-refractivity contribution is 7.10. The third-order valence-corrected chi connectivity index (χ3v) is 4.24. The summed E-state index contributed by atoms with van der Waals surface area (Å²) in [5, 5.41) is 2.71. The Hall–Kier alpha value is -0.500. The van der Waals surface area contributed by atoms with Gasteiger partial charge in [0, 0.05) is 9.90 Å². The fraction of sp³-hybridized carbons (Fsp3) is 0.167. The first-order chi connectivity index (χ1) is 7.18. The number of thiophene rings is 1. The Morgan fingerprint density at radius 3 is 2.67 bits per heavy atom. The van der Waals surface area contributed by atoms with Crippen LogP contribution in [-0.2, 0) is 0 Å². The fourth-order valence-corrected chi connectivity index (χ4v) is 2.65. The van der Waals surface area contributed by atoms with Gasteiger partial charge in [-0.2, -0.15) is 0 Å². The van der Waals surface area contributed by atoms with Crippen LogP contribution in [0.15, 0.2) is 35.7 Å². The first-order valence-electron chi connectivity index (χ1n) is 4.62. The van der Waals surface area contributed by atoms with Crippen LogP contribution in [0.4, 0.5) is 0 Å². The molecule has 0 bridgehead atoms. The number of alkyl halides is 1. The Morgan fingerprint density at radius 2 is 2.07 bits per heavy atom. The standard InChI is InChI=1S/C12H10Cl2S/c1-8-4-5-9(7-10(8)13)12(14)11-3-2-6-15-11/h2-7,12H,1H3. The Kier molecular flexibility index (Phi) is 3.35. The Bertz CT molecular complexity index is 449. The van der Waals surface area contributed by atoms with Gasteiger partial charge in [-0.05, 0) is 35.6 Å². The van der Waals surface area contributed by atoms with Crippen molar-refractivity contribution >= 4 is 34.5 Å². The summed E-state index contributed by atoms with van der Waals surface area (Å²) in [4.78, 5) is 1.15. The zero-order valence-electron chi connectivity index (χ0n) is 8.21. The fourth-order valence-electron chi connectivity index (χ4n) is 1.37. The molecule has 1 aromatic heterocycles. The van der Waals surface area contributed by atoms with Crippen molar-refractivity contribution < 1.29 is 0 Å². The molecule has 0 aliphatic rings. The second-order valence-corrected chi connectivity index (χ2v) is 5.21. The summed E-state index contributed by atoms with van der Waals surface area (Å²) in [5.74, 6) is 0. The van der Waals surface area contributed by atoms with E-state index in [0.717, 1.165) is 21.0 Å². The molecule has 0 amide bonds. The summed E-state index contributed by atoms with van der Waals surface area (Å²) in [6, 6.07) is 10.0. The predicted octanol–water partition coefficient (Wildman–Crippen LogP) is 5.04. The zero-order valence-corrected chi connectivity index (χ0v) is 10.5. The van der Waals surface area contributed by atoms with Crippen molar-refractivity contribution in [3.8, 4) is 0 Å². The third-order valence-electron chi connectivity index (χ3n) is 2.28. The molecule has 0 aliphatic heterocycles. The molecule has 1 heterocycles. The number of benzene rings is 1. The maximum atomic E-state index is 6.35. The van der Waals surface area contributed by atoms with E-state index in [1.165, 1.54) is 0 Å². The van der Waals surface area contributed by atoms with Crippen LogP contribution in [0.5, 0.6) is 0 Å². The molecule has 1 unspecified atom stereocenters. The van der Waals surface area contributed by atoms with Crippen LogP contribution < -0.4 is 0 Å². The minimum Gasteiger partial charge on any atom is -0.147 e. The number of hydrogen-bond donors (Lipinski definition) is 0. The molecule has 0 radical (unpaired) electrons. The Balaban J connectivity index is 2.34. The molecule has 0 nitrogen and oxygen atoms in total. The molecule has 0 saturated heterocycles. The highest BCUT2D eigenvalue weighted by atomic mass is 35.5. The lowest BCUT2D eigenvalue weighted by Gasteiger charge is -2.09. The lowest BCUT2D eigenvalue weighted by molar-refractivity contribution is 1.18. The summed E-state index contributed by atoms with van der Waals surface area (Å²) in [7, 11) is 0. The molecule has 2 aromatic rings. The monoisotopic (exact) mass is 256 g/mol. The highest BCUT2D eigenvalue weighted by Crippen LogP contribution is 2.33. The molecule has 0 saturated carbocycles. The van der Waals surface area contributed by atoms with E-state index < -0.39 is 0 Å². The number of aryl methyl sites for hydroxylation is 1. The zero-order chi connectivity index (χ0) is 10.8. The van der Waals surface area contributed by atoms with E-state index in [1.54, 1.807) is 11.3 Å². The molecular weight excluding hydrogens is 247 g/mol. The highest BCUT2D eigenvalue weighted by Gasteiger charge is 2.12. The van der Waals surface area contributed by atoms with Crippen LogP contribution >= 0.6 is 34.5 Å². The van der Waals surface area contributed by atoms with Gasteiger partial charge in [-0.15, -0.1) is 22.9 Å². The van der Waals surface area contributed by atoms with E-state index in [-0.39, 0.29) is 5.38 Å². The van der Waals surface area contributed by atoms with Gasteiger partial charge in [-0.1, -0.05) is 29.8 Å². The van der Waals surface area contributed by atoms with Crippen LogP contribution in [0, 0.1) is 6.92 Å². The predicted molar refractivity (Wildman–Crippen MR) is 68.2 cm³/mol. The normalized spacial score (nSPS) is 12.7. The van der Waals surface area contributed by atoms with Gasteiger partial charge in [-0.3, -0.25) is 0 Å². The van der Waals surface area contributed by atoms with Gasteiger partial charge in [0.25, 0.3) is 0 Å². The molecule has 2 rings (SSSR count). The lowest BCUT2D eigenvalue weighted by atomic mass is 10.1. The van der Waals surface area contributed by atoms with E-state index in [2.05, 4.69) is 0 Å². The summed E-state index contributed by atoms with van der Waals surface area (Å²) < 4.78 is 0. The summed E-state index contributed by atoms with van der Waals surface area (Å²) in [6.45, 7) is 1.99. The second-order valence-electron chi connectivity index (χ2n) is 3.39. The lowest BCUT2D eigenvalue weighted by Crippen LogP contribution is -1.90. The Morgan fingerprint density at radius 1 is 1.27 bits per heavy atom. The number of hydrogen-bond acceptors (Lipinski definition) is 1. The number of halogens is 2. The summed E-state index contributed by atoms with van der Waals surface area (Å²) in [6.07, 6.45) is 0. The quantitative estimate of drug-likeness (QED) is 0.661. The SMILES string of the molecule is Cc1ccc(C(Cl)c2cccs2)cc1Cl. The molecule has 0 spiro atoms. The topological polar surface area (TPSA) is 0 Å². The minimum absolute atomic E-state index is 0.0944. The molecular formula is C12H10Cl2S. The maximum absolute atomic E-state index is 6.35. The molecule has 1 aromatic carbocycles. The van der Waals surface area contributed by atoms with E-state index in [9.17, 15) is 0 Å². The van der Waals surface area contributed by atoms with Crippen molar-refractivity contribution in [1.82, 2.24) is 0 Å². The van der Waals surface area contributed by atoms with Crippen LogP contribution in [0.1, 0.15) is 21.4 Å². The van der Waals surface area contributed by atoms with Crippen molar-refractivity contribution in [3.05, 3.63) is 56.7 Å². The summed E-state index contributed by atoms with van der Waals surface area (Å²) in [5.41, 5.74) is 2.13. The first-order valence-corrected chi connectivity index (χ1v) is 6.31. The smallest absolute Gasteiger partial charge is 0.0928 e. The summed E-state index contributed by atoms with van der Waals surface area (Å²) >= 11 is 14.1. The molecule has 15 heavy (non-hydrogen) atoms. The molecule has 3 heteroatoms. The Labute approximate surface area is 103 Å². The second kappa shape index (κ2) is 4.56. The third kappa shape index (κ3) is 2.36. The van der Waals surface area contributed by atoms with Crippen molar-refractivity contribution in [1.29, 1.82) is 0 Å². The van der Waals surface area contributed by atoms with Crippen LogP contribution in [0.25, 0.3) is 0 Å². The van der Waals surface area contributed by atoms with Gasteiger partial charge in [0.1, 0.15) is 0 Å². The van der Waals surface area contributed by atoms with Crippen molar-refractivity contribution in [2.75, 3.05) is 0 Å². The van der Waals surface area contributed by atoms with E-state index >= 15 is 0 Å².